The third-order valence-electron chi connectivity index (χ3n) is 2.27. The topological polar surface area (TPSA) is 98.0 Å². The van der Waals surface area contributed by atoms with Gasteiger partial charge in [0, 0.05) is 5.39 Å². The van der Waals surface area contributed by atoms with Crippen molar-refractivity contribution in [3.8, 4) is 5.88 Å². The molecule has 1 aromatic heterocycles. The van der Waals surface area contributed by atoms with Gasteiger partial charge in [-0.2, -0.15) is 0 Å². The molecule has 6 nitrogen and oxygen atoms in total. The summed E-state index contributed by atoms with van der Waals surface area (Å²) in [5.41, 5.74) is 0.887. The molecule has 0 fully saturated rings. The van der Waals surface area contributed by atoms with Crippen LogP contribution in [0.2, 0.25) is 0 Å². The fraction of sp³-hybridized carbons (Fsp3) is 0.182. The van der Waals surface area contributed by atoms with Crippen LogP contribution < -0.4 is 0 Å². The first-order chi connectivity index (χ1) is 8.09. The number of aromatic amines is 1. The minimum Gasteiger partial charge on any atom is -0.493 e. The zero-order valence-corrected chi connectivity index (χ0v) is 9.08. The van der Waals surface area contributed by atoms with Crippen LogP contribution in [0, 0.1) is 0 Å². The van der Waals surface area contributed by atoms with Gasteiger partial charge in [0.15, 0.2) is 5.69 Å². The van der Waals surface area contributed by atoms with Crippen molar-refractivity contribution in [3.05, 3.63) is 24.3 Å². The summed E-state index contributed by atoms with van der Waals surface area (Å²) in [4.78, 5) is 13.8. The minimum atomic E-state index is -1.20. The largest absolute Gasteiger partial charge is 0.493 e. The highest BCUT2D eigenvalue weighted by atomic mass is 16.3. The zero-order chi connectivity index (χ0) is 12.4. The first-order valence-electron chi connectivity index (χ1n) is 5.03. The van der Waals surface area contributed by atoms with Crippen molar-refractivity contribution < 1.29 is 15.0 Å². The Morgan fingerprint density at radius 3 is 2.82 bits per heavy atom. The number of carbonyl (C=O) groups is 1. The zero-order valence-electron chi connectivity index (χ0n) is 9.08. The van der Waals surface area contributed by atoms with Crippen LogP contribution >= 0.6 is 0 Å². The molecule has 17 heavy (non-hydrogen) atoms. The molecule has 0 radical (unpaired) electrons. The summed E-state index contributed by atoms with van der Waals surface area (Å²) in [6.45, 7) is 1.30. The number of fused-ring (bicyclic) bond motifs is 1. The Hall–Kier alpha value is -2.21. The van der Waals surface area contributed by atoms with Gasteiger partial charge in [-0.25, -0.2) is 0 Å². The minimum absolute atomic E-state index is 0.159. The molecule has 1 heterocycles. The van der Waals surface area contributed by atoms with E-state index in [1.165, 1.54) is 6.92 Å². The number of aromatic hydroxyl groups is 1. The van der Waals surface area contributed by atoms with E-state index in [9.17, 15) is 9.90 Å². The van der Waals surface area contributed by atoms with Gasteiger partial charge >= 0.3 is 0 Å². The summed E-state index contributed by atoms with van der Waals surface area (Å²) in [5.74, 6) is -0.914. The lowest BCUT2D eigenvalue weighted by Crippen LogP contribution is -2.11. The first-order valence-corrected chi connectivity index (χ1v) is 5.03. The highest BCUT2D eigenvalue weighted by molar-refractivity contribution is 5.94. The summed E-state index contributed by atoms with van der Waals surface area (Å²) < 4.78 is 0. The van der Waals surface area contributed by atoms with Crippen LogP contribution in [-0.2, 0) is 4.79 Å². The van der Waals surface area contributed by atoms with Crippen molar-refractivity contribution in [1.29, 1.82) is 0 Å². The van der Waals surface area contributed by atoms with Gasteiger partial charge < -0.3 is 15.2 Å². The Kier molecular flexibility index (Phi) is 2.88. The van der Waals surface area contributed by atoms with Crippen LogP contribution in [0.5, 0.6) is 5.88 Å². The fourth-order valence-corrected chi connectivity index (χ4v) is 1.40. The number of nitrogens with zero attached hydrogens (tertiary/aromatic N) is 2. The lowest BCUT2D eigenvalue weighted by Gasteiger charge is -1.94. The Labute approximate surface area is 96.6 Å². The molecule has 2 rings (SSSR count). The lowest BCUT2D eigenvalue weighted by atomic mass is 10.2. The molecule has 2 aromatic rings. The molecule has 6 heteroatoms. The van der Waals surface area contributed by atoms with E-state index in [-0.39, 0.29) is 11.6 Å². The number of rotatable bonds is 2. The molecule has 0 aliphatic carbocycles. The molecule has 0 aliphatic heterocycles. The quantitative estimate of drug-likeness (QED) is 0.690. The first kappa shape index (κ1) is 11.3. The van der Waals surface area contributed by atoms with Crippen molar-refractivity contribution >= 4 is 22.5 Å². The summed E-state index contributed by atoms with van der Waals surface area (Å²) in [5, 5.41) is 26.2. The number of H-pyrrole nitrogens is 1. The second kappa shape index (κ2) is 4.34. The maximum atomic E-state index is 11.1. The molecule has 0 spiro atoms. The van der Waals surface area contributed by atoms with Crippen LogP contribution in [0.1, 0.15) is 6.92 Å². The lowest BCUT2D eigenvalue weighted by molar-refractivity contribution is -0.125. The molecule has 1 amide bonds. The summed E-state index contributed by atoms with van der Waals surface area (Å²) >= 11 is 0. The smallest absolute Gasteiger partial charge is 0.292 e. The third kappa shape index (κ3) is 2.16. The normalized spacial score (nSPS) is 13.3. The van der Waals surface area contributed by atoms with Gasteiger partial charge in [-0.1, -0.05) is 18.2 Å². The van der Waals surface area contributed by atoms with Gasteiger partial charge in [0.2, 0.25) is 5.88 Å². The number of amides is 1. The summed E-state index contributed by atoms with van der Waals surface area (Å²) in [7, 11) is 0. The van der Waals surface area contributed by atoms with Gasteiger partial charge in [-0.3, -0.25) is 4.79 Å². The van der Waals surface area contributed by atoms with E-state index in [1.807, 2.05) is 0 Å². The van der Waals surface area contributed by atoms with Crippen LogP contribution in [0.15, 0.2) is 34.5 Å². The molecule has 3 N–H and O–H groups in total. The highest BCUT2D eigenvalue weighted by Gasteiger charge is 2.11. The van der Waals surface area contributed by atoms with Crippen molar-refractivity contribution in [1.82, 2.24) is 4.98 Å². The summed E-state index contributed by atoms with van der Waals surface area (Å²) in [6.07, 6.45) is -1.20. The van der Waals surface area contributed by atoms with E-state index in [0.29, 0.717) is 10.9 Å². The van der Waals surface area contributed by atoms with Gasteiger partial charge in [-0.15, -0.1) is 10.2 Å². The molecule has 0 bridgehead atoms. The molecule has 0 saturated heterocycles. The number of benzene rings is 1. The molecule has 0 saturated carbocycles. The Bertz CT molecular complexity index is 587. The number of carbonyl (C=O) groups excluding carboxylic acids is 1. The fourth-order valence-electron chi connectivity index (χ4n) is 1.40. The monoisotopic (exact) mass is 233 g/mol. The van der Waals surface area contributed by atoms with Crippen LogP contribution in [-0.4, -0.2) is 27.2 Å². The average Bonchev–Trinajstić information content (AvgIpc) is 2.61. The number of hydrogen-bond donors (Lipinski definition) is 3. The number of nitrogens with one attached hydrogen (secondary N) is 1. The maximum Gasteiger partial charge on any atom is 0.292 e. The number of aliphatic hydroxyl groups excluding tert-OH is 1. The maximum absolute atomic E-state index is 11.1. The van der Waals surface area contributed by atoms with Crippen molar-refractivity contribution in [2.24, 2.45) is 10.2 Å². The third-order valence-corrected chi connectivity index (χ3v) is 2.27. The summed E-state index contributed by atoms with van der Waals surface area (Å²) in [6, 6.07) is 7.10. The second-order valence-electron chi connectivity index (χ2n) is 3.58. The van der Waals surface area contributed by atoms with Crippen molar-refractivity contribution in [3.63, 3.8) is 0 Å². The Balaban J connectivity index is 2.42. The van der Waals surface area contributed by atoms with E-state index in [0.717, 1.165) is 0 Å². The number of para-hydroxylation sites is 1. The van der Waals surface area contributed by atoms with E-state index in [1.54, 1.807) is 24.3 Å². The number of azo groups is 1. The van der Waals surface area contributed by atoms with Crippen molar-refractivity contribution in [2.45, 2.75) is 13.0 Å². The molecule has 0 aliphatic rings. The standard InChI is InChI=1S/C11H11N3O3/c1-6(15)10(16)14-13-9-7-4-2-3-5-8(7)12-11(9)17/h2-6,12,15,17H,1H3. The number of hydrogen-bond acceptors (Lipinski definition) is 4. The van der Waals surface area contributed by atoms with E-state index >= 15 is 0 Å². The van der Waals surface area contributed by atoms with Crippen LogP contribution in [0.4, 0.5) is 5.69 Å². The molecule has 1 atom stereocenters. The van der Waals surface area contributed by atoms with Gasteiger partial charge in [0.25, 0.3) is 5.91 Å². The second-order valence-corrected chi connectivity index (χ2v) is 3.58. The molecular formula is C11H11N3O3. The van der Waals surface area contributed by atoms with Crippen molar-refractivity contribution in [2.75, 3.05) is 0 Å². The molecule has 1 aromatic carbocycles. The van der Waals surface area contributed by atoms with E-state index < -0.39 is 12.0 Å². The van der Waals surface area contributed by atoms with Gasteiger partial charge in [0.1, 0.15) is 6.10 Å². The highest BCUT2D eigenvalue weighted by Crippen LogP contribution is 2.35. The SMILES string of the molecule is CC(O)C(=O)N=Nc1c(O)[nH]c2ccccc12. The van der Waals surface area contributed by atoms with Gasteiger partial charge in [-0.05, 0) is 13.0 Å². The molecule has 1 unspecified atom stereocenters. The predicted octanol–water partition coefficient (Wildman–Crippen LogP) is 1.86. The molecule has 88 valence electrons. The number of aliphatic hydroxyl groups is 1. The Morgan fingerprint density at radius 2 is 2.12 bits per heavy atom. The van der Waals surface area contributed by atoms with E-state index in [4.69, 9.17) is 5.11 Å². The van der Waals surface area contributed by atoms with Crippen LogP contribution in [0.3, 0.4) is 0 Å². The number of aromatic nitrogens is 1. The average molecular weight is 233 g/mol. The van der Waals surface area contributed by atoms with E-state index in [2.05, 4.69) is 15.2 Å². The van der Waals surface area contributed by atoms with Gasteiger partial charge in [0.05, 0.1) is 5.52 Å². The Morgan fingerprint density at radius 1 is 1.41 bits per heavy atom. The predicted molar refractivity (Wildman–Crippen MR) is 61.2 cm³/mol. The molecular weight excluding hydrogens is 222 g/mol. The van der Waals surface area contributed by atoms with Crippen LogP contribution in [0.25, 0.3) is 10.9 Å².